The van der Waals surface area contributed by atoms with Gasteiger partial charge in [0.05, 0.1) is 19.6 Å². The summed E-state index contributed by atoms with van der Waals surface area (Å²) in [6, 6.07) is 18.6. The molecule has 3 aromatic heterocycles. The quantitative estimate of drug-likeness (QED) is 0.614. The van der Waals surface area contributed by atoms with Gasteiger partial charge in [-0.25, -0.2) is 15.0 Å². The van der Waals surface area contributed by atoms with E-state index in [4.69, 9.17) is 0 Å². The first-order valence-electron chi connectivity index (χ1n) is 7.49. The number of H-pyrrole nitrogens is 3. The van der Waals surface area contributed by atoms with Crippen LogP contribution in [-0.4, -0.2) is 4.90 Å². The smallest absolute Gasteiger partial charge is 0.273 e. The molecule has 0 amide bonds. The first-order valence-corrected chi connectivity index (χ1v) is 7.49. The molecular weight excluding hydrogens is 336 g/mol. The SMILES string of the molecule is [Cu+2].c1ccc(CN(Cc2cccc[nH+]2)Cc2cccc[nH+]2)[nH+]c1. The minimum Gasteiger partial charge on any atom is -0.273 e. The first-order chi connectivity index (χ1) is 10.9. The van der Waals surface area contributed by atoms with E-state index in [9.17, 15) is 0 Å². The summed E-state index contributed by atoms with van der Waals surface area (Å²) in [6.07, 6.45) is 5.91. The fourth-order valence-electron chi connectivity index (χ4n) is 2.48. The fraction of sp³-hybridized carbons (Fsp3) is 0.167. The van der Waals surface area contributed by atoms with Crippen LogP contribution in [0.1, 0.15) is 17.1 Å². The van der Waals surface area contributed by atoms with E-state index in [0.29, 0.717) is 0 Å². The number of nitrogens with one attached hydrogen (secondary N) is 3. The number of aromatic nitrogens is 3. The van der Waals surface area contributed by atoms with Gasteiger partial charge in [-0.05, 0) is 0 Å². The Morgan fingerprint density at radius 3 is 1.17 bits per heavy atom. The third kappa shape index (κ3) is 5.57. The predicted molar refractivity (Wildman–Crippen MR) is 81.9 cm³/mol. The Kier molecular flexibility index (Phi) is 6.88. The number of pyridine rings is 3. The van der Waals surface area contributed by atoms with Crippen molar-refractivity contribution < 1.29 is 32.0 Å². The van der Waals surface area contributed by atoms with Crippen molar-refractivity contribution in [3.8, 4) is 0 Å². The van der Waals surface area contributed by atoms with Crippen molar-refractivity contribution in [2.45, 2.75) is 19.6 Å². The molecule has 0 atom stereocenters. The average molecular weight is 357 g/mol. The van der Waals surface area contributed by atoms with E-state index in [1.165, 1.54) is 17.1 Å². The maximum Gasteiger partial charge on any atom is 2.00 e. The molecule has 0 aliphatic rings. The topological polar surface area (TPSA) is 45.7 Å². The van der Waals surface area contributed by atoms with Crippen molar-refractivity contribution in [1.29, 1.82) is 0 Å². The second-order valence-corrected chi connectivity index (χ2v) is 5.31. The normalized spacial score (nSPS) is 10.3. The largest absolute Gasteiger partial charge is 2.00 e. The molecule has 1 radical (unpaired) electrons. The number of hydrogen-bond acceptors (Lipinski definition) is 1. The molecular formula is C18H21CuN4+5. The van der Waals surface area contributed by atoms with Crippen LogP contribution in [0.3, 0.4) is 0 Å². The monoisotopic (exact) mass is 356 g/mol. The molecule has 23 heavy (non-hydrogen) atoms. The van der Waals surface area contributed by atoms with Crippen LogP contribution in [-0.2, 0) is 36.7 Å². The second-order valence-electron chi connectivity index (χ2n) is 5.31. The molecule has 3 heterocycles. The van der Waals surface area contributed by atoms with Gasteiger partial charge in [0.1, 0.15) is 0 Å². The molecule has 0 aliphatic heterocycles. The minimum absolute atomic E-state index is 0. The van der Waals surface area contributed by atoms with Gasteiger partial charge in [-0.2, -0.15) is 0 Å². The number of aromatic amines is 3. The van der Waals surface area contributed by atoms with E-state index < -0.39 is 0 Å². The van der Waals surface area contributed by atoms with E-state index in [0.717, 1.165) is 19.6 Å². The minimum atomic E-state index is 0. The van der Waals surface area contributed by atoms with Gasteiger partial charge in [-0.1, -0.05) is 18.2 Å². The molecule has 3 aromatic rings. The van der Waals surface area contributed by atoms with Gasteiger partial charge in [-0.15, -0.1) is 0 Å². The van der Waals surface area contributed by atoms with Crippen LogP contribution < -0.4 is 15.0 Å². The Labute approximate surface area is 147 Å². The van der Waals surface area contributed by atoms with Gasteiger partial charge in [0.2, 0.25) is 0 Å². The van der Waals surface area contributed by atoms with Crippen LogP contribution in [0, 0.1) is 0 Å². The third-order valence-corrected chi connectivity index (χ3v) is 3.50. The molecule has 3 rings (SSSR count). The Morgan fingerprint density at radius 1 is 0.565 bits per heavy atom. The Hall–Kier alpha value is -2.07. The molecule has 3 N–H and O–H groups in total. The summed E-state index contributed by atoms with van der Waals surface area (Å²) in [5.74, 6) is 0. The number of nitrogens with zero attached hydrogens (tertiary/aromatic N) is 1. The second kappa shape index (κ2) is 9.15. The molecule has 0 saturated carbocycles. The van der Waals surface area contributed by atoms with E-state index in [1.54, 1.807) is 0 Å². The fourth-order valence-corrected chi connectivity index (χ4v) is 2.48. The summed E-state index contributed by atoms with van der Waals surface area (Å²) < 4.78 is 0. The summed E-state index contributed by atoms with van der Waals surface area (Å²) in [6.45, 7) is 2.60. The average Bonchev–Trinajstić information content (AvgIpc) is 2.57. The first kappa shape index (κ1) is 17.3. The van der Waals surface area contributed by atoms with Gasteiger partial charge in [0.25, 0.3) is 0 Å². The summed E-state index contributed by atoms with van der Waals surface area (Å²) >= 11 is 0. The number of hydrogen-bond donors (Lipinski definition) is 0. The van der Waals surface area contributed by atoms with Gasteiger partial charge < -0.3 is 0 Å². The molecule has 0 spiro atoms. The molecule has 5 heteroatoms. The molecule has 0 aliphatic carbocycles. The van der Waals surface area contributed by atoms with Crippen LogP contribution in [0.5, 0.6) is 0 Å². The van der Waals surface area contributed by atoms with E-state index in [-0.39, 0.29) is 17.1 Å². The molecule has 4 nitrogen and oxygen atoms in total. The van der Waals surface area contributed by atoms with Gasteiger partial charge >= 0.3 is 17.1 Å². The Balaban J connectivity index is 0.00000192. The molecule has 0 saturated heterocycles. The maximum atomic E-state index is 3.31. The van der Waals surface area contributed by atoms with Crippen LogP contribution in [0.2, 0.25) is 0 Å². The van der Waals surface area contributed by atoms with Crippen LogP contribution in [0.15, 0.2) is 73.2 Å². The van der Waals surface area contributed by atoms with Crippen LogP contribution in [0.25, 0.3) is 0 Å². The summed E-state index contributed by atoms with van der Waals surface area (Å²) in [5.41, 5.74) is 3.61. The van der Waals surface area contributed by atoms with Crippen molar-refractivity contribution >= 4 is 0 Å². The van der Waals surface area contributed by atoms with Crippen LogP contribution >= 0.6 is 0 Å². The zero-order valence-electron chi connectivity index (χ0n) is 12.8. The van der Waals surface area contributed by atoms with Crippen LogP contribution in [0.4, 0.5) is 0 Å². The number of rotatable bonds is 6. The van der Waals surface area contributed by atoms with Crippen molar-refractivity contribution in [2.24, 2.45) is 0 Å². The zero-order valence-corrected chi connectivity index (χ0v) is 13.7. The summed E-state index contributed by atoms with van der Waals surface area (Å²) in [7, 11) is 0. The predicted octanol–water partition coefficient (Wildman–Crippen LogP) is 1.33. The van der Waals surface area contributed by atoms with Crippen molar-refractivity contribution in [3.63, 3.8) is 0 Å². The van der Waals surface area contributed by atoms with E-state index in [2.05, 4.69) is 56.3 Å². The molecule has 0 aromatic carbocycles. The van der Waals surface area contributed by atoms with Gasteiger partial charge in [0.15, 0.2) is 35.7 Å². The Bertz CT molecular complexity index is 578. The summed E-state index contributed by atoms with van der Waals surface area (Å²) in [5, 5.41) is 0. The molecule has 0 fully saturated rings. The van der Waals surface area contributed by atoms with E-state index in [1.807, 2.05) is 36.8 Å². The summed E-state index contributed by atoms with van der Waals surface area (Å²) in [4.78, 5) is 12.3. The van der Waals surface area contributed by atoms with Gasteiger partial charge in [0, 0.05) is 36.4 Å². The molecule has 0 unspecified atom stereocenters. The Morgan fingerprint density at radius 2 is 0.913 bits per heavy atom. The third-order valence-electron chi connectivity index (χ3n) is 3.50. The van der Waals surface area contributed by atoms with Crippen molar-refractivity contribution in [1.82, 2.24) is 4.90 Å². The van der Waals surface area contributed by atoms with E-state index >= 15 is 0 Å². The molecule has 0 bridgehead atoms. The maximum absolute atomic E-state index is 3.31. The molecule has 119 valence electrons. The zero-order chi connectivity index (χ0) is 15.0. The van der Waals surface area contributed by atoms with Gasteiger partial charge in [-0.3, -0.25) is 4.90 Å². The standard InChI is InChI=1S/C18H18N4.Cu/c1-4-10-19-16(7-1)13-22(14-17-8-2-5-11-20-17)15-18-9-3-6-12-21-18;/h1-12H,13-15H2;/q;+2/p+3. The van der Waals surface area contributed by atoms with Crippen molar-refractivity contribution in [3.05, 3.63) is 90.3 Å². The van der Waals surface area contributed by atoms with Crippen molar-refractivity contribution in [2.75, 3.05) is 0 Å².